The number of piperidine rings is 2. The highest BCUT2D eigenvalue weighted by atomic mass is 32.1. The molecular weight excluding hydrogens is 765 g/mol. The maximum atomic E-state index is 13.6. The molecule has 0 spiro atoms. The molecule has 1 atom stereocenters. The number of amides is 4. The number of fused-ring (bicyclic) bond motifs is 3. The van der Waals surface area contributed by atoms with Gasteiger partial charge in [0, 0.05) is 48.3 Å². The van der Waals surface area contributed by atoms with Gasteiger partial charge >= 0.3 is 0 Å². The normalized spacial score (nSPS) is 22.0. The number of likely N-dealkylation sites (tertiary alicyclic amines) is 1. The molecule has 3 aromatic carbocycles. The number of nitrogens with one attached hydrogen (secondary N) is 2. The third kappa shape index (κ3) is 7.60. The number of imide groups is 2. The van der Waals surface area contributed by atoms with Gasteiger partial charge < -0.3 is 15.3 Å². The summed E-state index contributed by atoms with van der Waals surface area (Å²) in [5.74, 6) is -0.347. The lowest BCUT2D eigenvalue weighted by molar-refractivity contribution is -0.136. The Balaban J connectivity index is 0.770. The first-order valence-electron chi connectivity index (χ1n) is 21.0. The second-order valence-corrected chi connectivity index (χ2v) is 18.4. The van der Waals surface area contributed by atoms with Crippen LogP contribution < -0.4 is 16.2 Å². The summed E-state index contributed by atoms with van der Waals surface area (Å²) in [7, 11) is 0. The predicted octanol–water partition coefficient (Wildman–Crippen LogP) is 6.72. The molecule has 4 amide bonds. The number of carbonyl (C=O) groups is 4. The van der Waals surface area contributed by atoms with Crippen LogP contribution >= 0.6 is 11.3 Å². The highest BCUT2D eigenvalue weighted by Gasteiger charge is 2.45. The summed E-state index contributed by atoms with van der Waals surface area (Å²) >= 11 is 1.71. The highest BCUT2D eigenvalue weighted by molar-refractivity contribution is 7.18. The number of rotatable bonds is 10. The third-order valence-electron chi connectivity index (χ3n) is 13.0. The van der Waals surface area contributed by atoms with Crippen LogP contribution in [-0.2, 0) is 15.2 Å². The Labute approximate surface area is 346 Å². The van der Waals surface area contributed by atoms with Crippen molar-refractivity contribution in [2.45, 2.75) is 89.2 Å². The molecule has 59 heavy (non-hydrogen) atoms. The van der Waals surface area contributed by atoms with Crippen molar-refractivity contribution in [2.75, 3.05) is 31.5 Å². The summed E-state index contributed by atoms with van der Waals surface area (Å²) in [4.78, 5) is 73.2. The first kappa shape index (κ1) is 39.2. The number of carbonyl (C=O) groups excluding carboxylic acids is 4. The molecule has 306 valence electrons. The molecule has 5 heterocycles. The molecule has 3 fully saturated rings. The molecule has 2 aromatic heterocycles. The van der Waals surface area contributed by atoms with Crippen molar-refractivity contribution in [2.24, 2.45) is 11.8 Å². The zero-order chi connectivity index (χ0) is 41.0. The fourth-order valence-corrected chi connectivity index (χ4v) is 10.9. The van der Waals surface area contributed by atoms with Crippen LogP contribution in [0.3, 0.4) is 0 Å². The van der Waals surface area contributed by atoms with Crippen molar-refractivity contribution in [3.63, 3.8) is 0 Å². The molecule has 12 nitrogen and oxygen atoms in total. The second kappa shape index (κ2) is 15.7. The van der Waals surface area contributed by atoms with Gasteiger partial charge in [-0.2, -0.15) is 0 Å². The topological polar surface area (TPSA) is 154 Å². The first-order chi connectivity index (χ1) is 28.4. The second-order valence-electron chi connectivity index (χ2n) is 17.4. The Morgan fingerprint density at radius 3 is 2.42 bits per heavy atom. The minimum atomic E-state index is -1.17. The van der Waals surface area contributed by atoms with E-state index in [1.54, 1.807) is 48.1 Å². The lowest BCUT2D eigenvalue weighted by atomic mass is 9.81. The van der Waals surface area contributed by atoms with E-state index in [0.717, 1.165) is 77.2 Å². The van der Waals surface area contributed by atoms with Crippen molar-refractivity contribution in [3.8, 4) is 5.69 Å². The molecule has 4 aliphatic rings. The molecule has 9 rings (SSSR count). The monoisotopic (exact) mass is 814 g/mol. The van der Waals surface area contributed by atoms with E-state index in [0.29, 0.717) is 57.7 Å². The van der Waals surface area contributed by atoms with Gasteiger partial charge in [-0.05, 0) is 132 Å². The van der Waals surface area contributed by atoms with Gasteiger partial charge in [0.05, 0.1) is 37.6 Å². The molecule has 3 N–H and O–H groups in total. The lowest BCUT2D eigenvalue weighted by Gasteiger charge is -2.36. The molecule has 1 aliphatic carbocycles. The molecule has 5 aromatic rings. The summed E-state index contributed by atoms with van der Waals surface area (Å²) in [5.41, 5.74) is 2.16. The summed E-state index contributed by atoms with van der Waals surface area (Å²) in [5, 5.41) is 19.6. The van der Waals surface area contributed by atoms with Crippen molar-refractivity contribution >= 4 is 61.6 Å². The average Bonchev–Trinajstić information content (AvgIpc) is 3.76. The van der Waals surface area contributed by atoms with E-state index in [1.165, 1.54) is 12.8 Å². The van der Waals surface area contributed by atoms with Crippen LogP contribution in [0.5, 0.6) is 0 Å². The smallest absolute Gasteiger partial charge is 0.264 e. The average molecular weight is 815 g/mol. The Morgan fingerprint density at radius 2 is 1.66 bits per heavy atom. The van der Waals surface area contributed by atoms with Gasteiger partial charge in [-0.1, -0.05) is 24.3 Å². The van der Waals surface area contributed by atoms with Crippen LogP contribution in [0.1, 0.15) is 109 Å². The van der Waals surface area contributed by atoms with Gasteiger partial charge in [0.15, 0.2) is 0 Å². The predicted molar refractivity (Wildman–Crippen MR) is 228 cm³/mol. The molecule has 0 radical (unpaired) electrons. The van der Waals surface area contributed by atoms with Gasteiger partial charge in [0.1, 0.15) is 6.04 Å². The Kier molecular flexibility index (Phi) is 10.5. The van der Waals surface area contributed by atoms with Gasteiger partial charge in [-0.25, -0.2) is 4.98 Å². The molecule has 3 aliphatic heterocycles. The Hall–Kier alpha value is -5.24. The minimum Gasteiger partial charge on any atom is -0.386 e. The number of pyridine rings is 1. The summed E-state index contributed by atoms with van der Waals surface area (Å²) in [6.07, 6.45) is 9.77. The van der Waals surface area contributed by atoms with Crippen LogP contribution in [0, 0.1) is 11.8 Å². The number of nitrogens with zero attached hydrogens (tertiary/aromatic N) is 4. The van der Waals surface area contributed by atoms with E-state index in [2.05, 4.69) is 15.5 Å². The van der Waals surface area contributed by atoms with Crippen molar-refractivity contribution < 1.29 is 24.3 Å². The molecule has 1 unspecified atom stereocenters. The molecule has 0 bridgehead atoms. The van der Waals surface area contributed by atoms with E-state index in [9.17, 15) is 29.1 Å². The quantitative estimate of drug-likeness (QED) is 0.131. The maximum Gasteiger partial charge on any atom is 0.264 e. The molecular formula is C46H50N6O6S. The van der Waals surface area contributed by atoms with E-state index < -0.39 is 35.3 Å². The van der Waals surface area contributed by atoms with Crippen LogP contribution in [0.2, 0.25) is 0 Å². The lowest BCUT2D eigenvalue weighted by Crippen LogP contribution is -2.54. The SMILES string of the molecule is CC(C)(O)c1cc2nc(C3CCC(CN4CCC(CCNc5cccc6c5C(=O)N(C5CCC(=O)NC5=O)C6=O)CC4)CC3)sc2cc1-n1ccc2ccccc2c1=O. The number of aliphatic hydroxyl groups is 1. The third-order valence-corrected chi connectivity index (χ3v) is 14.2. The van der Waals surface area contributed by atoms with Crippen LogP contribution in [0.25, 0.3) is 26.7 Å². The number of anilines is 1. The maximum absolute atomic E-state index is 13.6. The van der Waals surface area contributed by atoms with Crippen molar-refractivity contribution in [1.29, 1.82) is 0 Å². The molecule has 13 heteroatoms. The Morgan fingerprint density at radius 1 is 0.881 bits per heavy atom. The number of hydrogen-bond acceptors (Lipinski definition) is 10. The van der Waals surface area contributed by atoms with Gasteiger partial charge in [-0.15, -0.1) is 11.3 Å². The van der Waals surface area contributed by atoms with Crippen molar-refractivity contribution in [3.05, 3.63) is 98.9 Å². The van der Waals surface area contributed by atoms with Gasteiger partial charge in [-0.3, -0.25) is 38.8 Å². The minimum absolute atomic E-state index is 0.0916. The van der Waals surface area contributed by atoms with Crippen LogP contribution in [0.4, 0.5) is 5.69 Å². The zero-order valence-corrected chi connectivity index (χ0v) is 34.4. The van der Waals surface area contributed by atoms with Crippen molar-refractivity contribution in [1.82, 2.24) is 24.7 Å². The fourth-order valence-electron chi connectivity index (χ4n) is 9.71. The van der Waals surface area contributed by atoms with E-state index in [4.69, 9.17) is 4.98 Å². The standard InChI is InChI=1S/C46H50N6O6S/c1-46(2,58)33-24-35-38(25-37(33)51-23-19-29-6-3-4-7-31(29)43(51)55)59-42(48-35)30-12-10-28(11-13-30)26-50-21-17-27(18-22-50)16-20-47-34-9-5-8-32-40(34)45(57)52(44(32)56)36-14-15-39(53)49-41(36)54/h3-9,19,23-25,27-28,30,36,47,58H,10-18,20-22,26H2,1-2H3,(H,49,53,54). The largest absolute Gasteiger partial charge is 0.386 e. The van der Waals surface area contributed by atoms with Crippen LogP contribution in [0.15, 0.2) is 71.7 Å². The number of aromatic nitrogens is 2. The van der Waals surface area contributed by atoms with Gasteiger partial charge in [0.25, 0.3) is 17.4 Å². The summed E-state index contributed by atoms with van der Waals surface area (Å²) in [6.45, 7) is 7.45. The summed E-state index contributed by atoms with van der Waals surface area (Å²) < 4.78 is 2.68. The molecule has 1 saturated carbocycles. The van der Waals surface area contributed by atoms with E-state index in [-0.39, 0.29) is 18.4 Å². The Bertz CT molecular complexity index is 2540. The zero-order valence-electron chi connectivity index (χ0n) is 33.5. The summed E-state index contributed by atoms with van der Waals surface area (Å²) in [6, 6.07) is 17.7. The number of hydrogen-bond donors (Lipinski definition) is 3. The number of benzene rings is 3. The highest BCUT2D eigenvalue weighted by Crippen LogP contribution is 2.41. The van der Waals surface area contributed by atoms with E-state index in [1.807, 2.05) is 48.5 Å². The number of thiazole rings is 1. The molecule has 2 saturated heterocycles. The fraction of sp³-hybridized carbons (Fsp3) is 0.435. The van der Waals surface area contributed by atoms with E-state index >= 15 is 0 Å². The first-order valence-corrected chi connectivity index (χ1v) is 21.8. The van der Waals surface area contributed by atoms with Gasteiger partial charge in [0.2, 0.25) is 11.8 Å². The van der Waals surface area contributed by atoms with Crippen LogP contribution in [-0.4, -0.2) is 80.3 Å².